The fraction of sp³-hybridized carbons (Fsp3) is 0.250. The van der Waals surface area contributed by atoms with Crippen molar-refractivity contribution in [2.75, 3.05) is 0 Å². The molecule has 0 aromatic heterocycles. The van der Waals surface area contributed by atoms with Crippen LogP contribution in [0.1, 0.15) is 22.3 Å². The molecule has 4 nitrogen and oxygen atoms in total. The van der Waals surface area contributed by atoms with Gasteiger partial charge >= 0.3 is 6.18 Å². The molecule has 1 aliphatic heterocycles. The summed E-state index contributed by atoms with van der Waals surface area (Å²) in [5.74, 6) is -1.52. The van der Waals surface area contributed by atoms with Crippen molar-refractivity contribution in [1.29, 1.82) is 0 Å². The molecule has 1 aliphatic rings. The van der Waals surface area contributed by atoms with Crippen LogP contribution in [-0.2, 0) is 35.8 Å². The molecule has 0 fully saturated rings. The van der Waals surface area contributed by atoms with Crippen molar-refractivity contribution in [3.05, 3.63) is 64.5 Å². The first-order valence-electron chi connectivity index (χ1n) is 7.34. The Kier molecular flexibility index (Phi) is 5.96. The van der Waals surface area contributed by atoms with Crippen LogP contribution in [0.2, 0.25) is 0 Å². The van der Waals surface area contributed by atoms with E-state index in [9.17, 15) is 26.0 Å². The second-order valence-corrected chi connectivity index (χ2v) is 7.44. The van der Waals surface area contributed by atoms with Gasteiger partial charge in [0, 0.05) is 19.6 Å². The van der Waals surface area contributed by atoms with Gasteiger partial charge in [-0.05, 0) is 34.9 Å². The van der Waals surface area contributed by atoms with Crippen LogP contribution in [0.25, 0.3) is 0 Å². The normalized spacial score (nSPS) is 14.0. The third-order valence-corrected chi connectivity index (χ3v) is 5.32. The second-order valence-electron chi connectivity index (χ2n) is 5.67. The Morgan fingerprint density at radius 1 is 1.04 bits per heavy atom. The maximum atomic E-state index is 13.3. The number of sulfonamides is 1. The largest absolute Gasteiger partial charge is 0.419 e. The summed E-state index contributed by atoms with van der Waals surface area (Å²) in [5, 5.41) is 3.16. The number of rotatable bonds is 4. The summed E-state index contributed by atoms with van der Waals surface area (Å²) < 4.78 is 78.2. The Balaban J connectivity index is 0.00000243. The molecular formula is C16H15ClF4N2O2S. The zero-order valence-electron chi connectivity index (χ0n) is 13.2. The summed E-state index contributed by atoms with van der Waals surface area (Å²) in [6.07, 6.45) is -4.97. The number of benzene rings is 2. The van der Waals surface area contributed by atoms with Gasteiger partial charge in [0.2, 0.25) is 10.0 Å². The molecule has 0 amide bonds. The van der Waals surface area contributed by atoms with Gasteiger partial charge in [0.05, 0.1) is 10.5 Å². The molecule has 142 valence electrons. The fourth-order valence-corrected chi connectivity index (χ4v) is 3.65. The van der Waals surface area contributed by atoms with Crippen LogP contribution < -0.4 is 10.0 Å². The number of hydrogen-bond acceptors (Lipinski definition) is 3. The van der Waals surface area contributed by atoms with Crippen LogP contribution in [0, 0.1) is 5.82 Å². The quantitative estimate of drug-likeness (QED) is 0.760. The van der Waals surface area contributed by atoms with Crippen molar-refractivity contribution in [3.63, 3.8) is 0 Å². The Labute approximate surface area is 154 Å². The van der Waals surface area contributed by atoms with Crippen LogP contribution in [0.15, 0.2) is 41.3 Å². The predicted molar refractivity (Wildman–Crippen MR) is 89.7 cm³/mol. The van der Waals surface area contributed by atoms with E-state index in [4.69, 9.17) is 0 Å². The number of fused-ring (bicyclic) bond motifs is 1. The minimum atomic E-state index is -4.97. The number of halogens is 5. The zero-order valence-corrected chi connectivity index (χ0v) is 14.9. The van der Waals surface area contributed by atoms with Crippen LogP contribution in [0.4, 0.5) is 17.6 Å². The first-order valence-corrected chi connectivity index (χ1v) is 8.83. The van der Waals surface area contributed by atoms with Crippen LogP contribution in [0.5, 0.6) is 0 Å². The van der Waals surface area contributed by atoms with E-state index >= 15 is 0 Å². The fourth-order valence-electron chi connectivity index (χ4n) is 2.61. The molecule has 0 saturated carbocycles. The summed E-state index contributed by atoms with van der Waals surface area (Å²) in [6.45, 7) is 1.36. The predicted octanol–water partition coefficient (Wildman–Crippen LogP) is 3.35. The number of hydrogen-bond donors (Lipinski definition) is 2. The van der Waals surface area contributed by atoms with E-state index in [2.05, 4.69) is 10.0 Å². The van der Waals surface area contributed by atoms with E-state index in [-0.39, 0.29) is 19.0 Å². The van der Waals surface area contributed by atoms with Crippen molar-refractivity contribution in [3.8, 4) is 0 Å². The van der Waals surface area contributed by atoms with Gasteiger partial charge < -0.3 is 5.32 Å². The van der Waals surface area contributed by atoms with E-state index in [1.807, 2.05) is 12.1 Å². The van der Waals surface area contributed by atoms with E-state index in [0.717, 1.165) is 23.7 Å². The van der Waals surface area contributed by atoms with Gasteiger partial charge in [0.15, 0.2) is 0 Å². The highest BCUT2D eigenvalue weighted by molar-refractivity contribution is 7.89. The van der Waals surface area contributed by atoms with Gasteiger partial charge in [0.25, 0.3) is 0 Å². The summed E-state index contributed by atoms with van der Waals surface area (Å²) in [4.78, 5) is -0.635. The molecule has 2 aromatic rings. The van der Waals surface area contributed by atoms with E-state index in [0.29, 0.717) is 24.2 Å². The Morgan fingerprint density at radius 2 is 1.73 bits per heavy atom. The summed E-state index contributed by atoms with van der Waals surface area (Å²) in [7, 11) is -4.20. The topological polar surface area (TPSA) is 58.2 Å². The highest BCUT2D eigenvalue weighted by Crippen LogP contribution is 2.32. The van der Waals surface area contributed by atoms with Gasteiger partial charge in [-0.25, -0.2) is 17.5 Å². The maximum Gasteiger partial charge on any atom is 0.419 e. The SMILES string of the molecule is Cl.O=S(=O)(NCc1ccc2c(c1)CNC2)c1ccc(F)c(C(F)(F)F)c1. The van der Waals surface area contributed by atoms with Gasteiger partial charge in [0.1, 0.15) is 5.82 Å². The molecule has 0 spiro atoms. The van der Waals surface area contributed by atoms with Gasteiger partial charge in [-0.15, -0.1) is 12.4 Å². The van der Waals surface area contributed by atoms with Crippen molar-refractivity contribution in [1.82, 2.24) is 10.0 Å². The molecule has 10 heteroatoms. The molecule has 0 unspecified atom stereocenters. The van der Waals surface area contributed by atoms with E-state index < -0.39 is 32.5 Å². The lowest BCUT2D eigenvalue weighted by Gasteiger charge is -2.12. The Hall–Kier alpha value is -1.68. The monoisotopic (exact) mass is 410 g/mol. The lowest BCUT2D eigenvalue weighted by Crippen LogP contribution is -2.24. The molecule has 26 heavy (non-hydrogen) atoms. The maximum absolute atomic E-state index is 13.3. The first kappa shape index (κ1) is 20.6. The molecule has 0 aliphatic carbocycles. The Bertz CT molecular complexity index is 917. The third-order valence-electron chi connectivity index (χ3n) is 3.92. The summed E-state index contributed by atoms with van der Waals surface area (Å²) in [6, 6.07) is 7.06. The smallest absolute Gasteiger partial charge is 0.309 e. The minimum absolute atomic E-state index is 0. The first-order chi connectivity index (χ1) is 11.7. The van der Waals surface area contributed by atoms with E-state index in [1.165, 1.54) is 0 Å². The molecule has 0 saturated heterocycles. The molecule has 0 atom stereocenters. The number of nitrogens with one attached hydrogen (secondary N) is 2. The molecule has 0 radical (unpaired) electrons. The van der Waals surface area contributed by atoms with Gasteiger partial charge in [-0.3, -0.25) is 0 Å². The van der Waals surface area contributed by atoms with Crippen molar-refractivity contribution in [2.24, 2.45) is 0 Å². The highest BCUT2D eigenvalue weighted by atomic mass is 35.5. The molecule has 2 N–H and O–H groups in total. The molecule has 2 aromatic carbocycles. The third kappa shape index (κ3) is 4.35. The van der Waals surface area contributed by atoms with Gasteiger partial charge in [-0.2, -0.15) is 13.2 Å². The summed E-state index contributed by atoms with van der Waals surface area (Å²) in [5.41, 5.74) is 1.25. The average molecular weight is 411 g/mol. The number of alkyl halides is 3. The van der Waals surface area contributed by atoms with Crippen molar-refractivity contribution in [2.45, 2.75) is 30.7 Å². The minimum Gasteiger partial charge on any atom is -0.309 e. The van der Waals surface area contributed by atoms with Crippen LogP contribution in [-0.4, -0.2) is 8.42 Å². The van der Waals surface area contributed by atoms with Crippen LogP contribution >= 0.6 is 12.4 Å². The summed E-state index contributed by atoms with van der Waals surface area (Å²) >= 11 is 0. The molecule has 0 bridgehead atoms. The zero-order chi connectivity index (χ0) is 18.2. The van der Waals surface area contributed by atoms with Gasteiger partial charge in [-0.1, -0.05) is 18.2 Å². The van der Waals surface area contributed by atoms with Crippen LogP contribution in [0.3, 0.4) is 0 Å². The standard InChI is InChI=1S/C16H14F4N2O2S.ClH/c17-15-4-3-13(6-14(15)16(18,19)20)25(23,24)22-7-10-1-2-11-8-21-9-12(11)5-10;/h1-6,21-22H,7-9H2;1H. The molecular weight excluding hydrogens is 396 g/mol. The van der Waals surface area contributed by atoms with E-state index in [1.54, 1.807) is 6.07 Å². The molecule has 1 heterocycles. The van der Waals surface area contributed by atoms with Crippen molar-refractivity contribution >= 4 is 22.4 Å². The molecule has 3 rings (SSSR count). The lowest BCUT2D eigenvalue weighted by atomic mass is 10.1. The average Bonchev–Trinajstić information content (AvgIpc) is 2.99. The highest BCUT2D eigenvalue weighted by Gasteiger charge is 2.35. The Morgan fingerprint density at radius 3 is 2.42 bits per heavy atom. The second kappa shape index (κ2) is 7.51. The lowest BCUT2D eigenvalue weighted by molar-refractivity contribution is -0.140. The van der Waals surface area contributed by atoms with Crippen molar-refractivity contribution < 1.29 is 26.0 Å².